The van der Waals surface area contributed by atoms with Crippen molar-refractivity contribution in [2.24, 2.45) is 5.92 Å². The fourth-order valence-electron chi connectivity index (χ4n) is 2.81. The molecule has 1 aromatic heterocycles. The van der Waals surface area contributed by atoms with E-state index in [0.29, 0.717) is 6.04 Å². The lowest BCUT2D eigenvalue weighted by Gasteiger charge is -2.20. The quantitative estimate of drug-likeness (QED) is 0.864. The molecule has 112 valence electrons. The third kappa shape index (κ3) is 3.50. The van der Waals surface area contributed by atoms with Crippen molar-refractivity contribution in [3.8, 4) is 0 Å². The summed E-state index contributed by atoms with van der Waals surface area (Å²) in [5.74, 6) is 0.170. The SMILES string of the molecule is CC(C)[C@H](NC(=O)O)c1cn(C[C@@H]2CCCN2C)cn1. The van der Waals surface area contributed by atoms with E-state index in [9.17, 15) is 4.79 Å². The Hall–Kier alpha value is -1.56. The van der Waals surface area contributed by atoms with Crippen LogP contribution in [0.3, 0.4) is 0 Å². The summed E-state index contributed by atoms with van der Waals surface area (Å²) in [5.41, 5.74) is 0.794. The molecule has 6 heteroatoms. The van der Waals surface area contributed by atoms with E-state index in [1.807, 2.05) is 20.0 Å². The number of amides is 1. The van der Waals surface area contributed by atoms with Crippen LogP contribution in [-0.2, 0) is 6.54 Å². The molecule has 2 heterocycles. The van der Waals surface area contributed by atoms with Gasteiger partial charge in [0, 0.05) is 18.8 Å². The molecule has 2 atom stereocenters. The van der Waals surface area contributed by atoms with E-state index in [-0.39, 0.29) is 12.0 Å². The van der Waals surface area contributed by atoms with E-state index < -0.39 is 6.09 Å². The Kier molecular flexibility index (Phi) is 4.65. The minimum absolute atomic E-state index is 0.170. The molecule has 1 saturated heterocycles. The van der Waals surface area contributed by atoms with E-state index in [2.05, 4.69) is 26.8 Å². The van der Waals surface area contributed by atoms with Crippen molar-refractivity contribution in [2.75, 3.05) is 13.6 Å². The first kappa shape index (κ1) is 14.8. The van der Waals surface area contributed by atoms with E-state index in [0.717, 1.165) is 18.8 Å². The molecule has 2 rings (SSSR count). The average molecular weight is 280 g/mol. The topological polar surface area (TPSA) is 70.4 Å². The summed E-state index contributed by atoms with van der Waals surface area (Å²) in [6.07, 6.45) is 5.23. The van der Waals surface area contributed by atoms with E-state index in [1.54, 1.807) is 6.33 Å². The first-order valence-corrected chi connectivity index (χ1v) is 7.18. The first-order valence-electron chi connectivity index (χ1n) is 7.18. The molecule has 0 bridgehead atoms. The molecular weight excluding hydrogens is 256 g/mol. The van der Waals surface area contributed by atoms with Crippen molar-refractivity contribution in [1.29, 1.82) is 0 Å². The minimum atomic E-state index is -1.01. The van der Waals surface area contributed by atoms with Crippen LogP contribution in [0.5, 0.6) is 0 Å². The van der Waals surface area contributed by atoms with Crippen molar-refractivity contribution in [1.82, 2.24) is 19.8 Å². The number of nitrogens with zero attached hydrogens (tertiary/aromatic N) is 3. The lowest BCUT2D eigenvalue weighted by molar-refractivity contribution is 0.185. The molecule has 1 aliphatic rings. The Labute approximate surface area is 119 Å². The standard InChI is InChI=1S/C14H24N4O2/c1-10(2)13(16-14(19)20)12-8-18(9-15-12)7-11-5-4-6-17(11)3/h8-11,13,16H,4-7H2,1-3H3,(H,19,20)/t11-,13-/m0/s1. The normalized spacial score (nSPS) is 21.3. The zero-order valence-electron chi connectivity index (χ0n) is 12.4. The lowest BCUT2D eigenvalue weighted by atomic mass is 10.0. The number of hydrogen-bond acceptors (Lipinski definition) is 3. The summed E-state index contributed by atoms with van der Waals surface area (Å²) >= 11 is 0. The van der Waals surface area contributed by atoms with Gasteiger partial charge in [-0.25, -0.2) is 9.78 Å². The van der Waals surface area contributed by atoms with Gasteiger partial charge >= 0.3 is 6.09 Å². The third-order valence-electron chi connectivity index (χ3n) is 4.01. The zero-order valence-corrected chi connectivity index (χ0v) is 12.4. The molecule has 20 heavy (non-hydrogen) atoms. The zero-order chi connectivity index (χ0) is 14.7. The Morgan fingerprint density at radius 1 is 1.60 bits per heavy atom. The molecule has 0 saturated carbocycles. The molecule has 2 N–H and O–H groups in total. The van der Waals surface area contributed by atoms with Crippen LogP contribution >= 0.6 is 0 Å². The molecule has 0 radical (unpaired) electrons. The van der Waals surface area contributed by atoms with Crippen LogP contribution in [0.2, 0.25) is 0 Å². The second-order valence-corrected chi connectivity index (χ2v) is 5.94. The molecule has 1 fully saturated rings. The van der Waals surface area contributed by atoms with Crippen LogP contribution in [0.1, 0.15) is 38.4 Å². The summed E-state index contributed by atoms with van der Waals surface area (Å²) < 4.78 is 2.07. The van der Waals surface area contributed by atoms with Crippen molar-refractivity contribution in [2.45, 2.75) is 45.3 Å². The Balaban J connectivity index is 2.04. The molecule has 0 unspecified atom stereocenters. The van der Waals surface area contributed by atoms with Gasteiger partial charge < -0.3 is 19.9 Å². The van der Waals surface area contributed by atoms with Gasteiger partial charge in [0.15, 0.2) is 0 Å². The number of carboxylic acid groups (broad SMARTS) is 1. The summed E-state index contributed by atoms with van der Waals surface area (Å²) in [6, 6.07) is 0.303. The first-order chi connectivity index (χ1) is 9.47. The van der Waals surface area contributed by atoms with Crippen molar-refractivity contribution < 1.29 is 9.90 Å². The van der Waals surface area contributed by atoms with Crippen LogP contribution in [0.4, 0.5) is 4.79 Å². The molecule has 6 nitrogen and oxygen atoms in total. The number of hydrogen-bond donors (Lipinski definition) is 2. The van der Waals surface area contributed by atoms with Gasteiger partial charge in [0.05, 0.1) is 18.1 Å². The molecule has 0 aliphatic carbocycles. The van der Waals surface area contributed by atoms with Crippen molar-refractivity contribution in [3.05, 3.63) is 18.2 Å². The minimum Gasteiger partial charge on any atom is -0.465 e. The fourth-order valence-corrected chi connectivity index (χ4v) is 2.81. The molecule has 1 aromatic rings. The second-order valence-electron chi connectivity index (χ2n) is 5.94. The van der Waals surface area contributed by atoms with Gasteiger partial charge in [-0.3, -0.25) is 0 Å². The van der Waals surface area contributed by atoms with Crippen molar-refractivity contribution >= 4 is 6.09 Å². The molecule has 1 amide bonds. The number of nitrogens with one attached hydrogen (secondary N) is 1. The van der Waals surface area contributed by atoms with Gasteiger partial charge in [0.1, 0.15) is 0 Å². The third-order valence-corrected chi connectivity index (χ3v) is 4.01. The summed E-state index contributed by atoms with van der Waals surface area (Å²) in [4.78, 5) is 17.6. The van der Waals surface area contributed by atoms with Gasteiger partial charge in [-0.15, -0.1) is 0 Å². The van der Waals surface area contributed by atoms with Gasteiger partial charge in [0.25, 0.3) is 0 Å². The van der Waals surface area contributed by atoms with E-state index in [1.165, 1.54) is 12.8 Å². The number of carbonyl (C=O) groups is 1. The number of aromatic nitrogens is 2. The van der Waals surface area contributed by atoms with Crippen molar-refractivity contribution in [3.63, 3.8) is 0 Å². The highest BCUT2D eigenvalue weighted by Gasteiger charge is 2.23. The number of likely N-dealkylation sites (N-methyl/N-ethyl adjacent to an activating group) is 1. The number of rotatable bonds is 5. The highest BCUT2D eigenvalue weighted by Crippen LogP contribution is 2.21. The fraction of sp³-hybridized carbons (Fsp3) is 0.714. The monoisotopic (exact) mass is 280 g/mol. The molecule has 0 spiro atoms. The maximum Gasteiger partial charge on any atom is 0.405 e. The second kappa shape index (κ2) is 6.26. The summed E-state index contributed by atoms with van der Waals surface area (Å²) in [5, 5.41) is 11.5. The largest absolute Gasteiger partial charge is 0.465 e. The number of imidazole rings is 1. The Morgan fingerprint density at radius 3 is 2.90 bits per heavy atom. The van der Waals surface area contributed by atoms with E-state index in [4.69, 9.17) is 5.11 Å². The van der Waals surface area contributed by atoms with Gasteiger partial charge in [-0.05, 0) is 32.4 Å². The van der Waals surface area contributed by atoms with Gasteiger partial charge in [-0.1, -0.05) is 13.8 Å². The predicted octanol–water partition coefficient (Wildman–Crippen LogP) is 1.94. The van der Waals surface area contributed by atoms with Gasteiger partial charge in [-0.2, -0.15) is 0 Å². The Morgan fingerprint density at radius 2 is 2.35 bits per heavy atom. The highest BCUT2D eigenvalue weighted by atomic mass is 16.4. The maximum atomic E-state index is 10.9. The highest BCUT2D eigenvalue weighted by molar-refractivity contribution is 5.65. The van der Waals surface area contributed by atoms with Crippen LogP contribution < -0.4 is 5.32 Å². The van der Waals surface area contributed by atoms with Crippen LogP contribution in [0.15, 0.2) is 12.5 Å². The van der Waals surface area contributed by atoms with Crippen LogP contribution in [0.25, 0.3) is 0 Å². The van der Waals surface area contributed by atoms with Crippen LogP contribution in [0, 0.1) is 5.92 Å². The Bertz CT molecular complexity index is 458. The number of likely N-dealkylation sites (tertiary alicyclic amines) is 1. The molecule has 1 aliphatic heterocycles. The summed E-state index contributed by atoms with van der Waals surface area (Å²) in [7, 11) is 2.15. The smallest absolute Gasteiger partial charge is 0.405 e. The molecular formula is C14H24N4O2. The van der Waals surface area contributed by atoms with Gasteiger partial charge in [0.2, 0.25) is 0 Å². The van der Waals surface area contributed by atoms with Crippen LogP contribution in [-0.4, -0.2) is 45.3 Å². The maximum absolute atomic E-state index is 10.9. The van der Waals surface area contributed by atoms with E-state index >= 15 is 0 Å². The lowest BCUT2D eigenvalue weighted by Crippen LogP contribution is -2.30. The average Bonchev–Trinajstić information content (AvgIpc) is 2.97. The molecule has 0 aromatic carbocycles. The summed E-state index contributed by atoms with van der Waals surface area (Å²) in [6.45, 7) is 6.05. The predicted molar refractivity (Wildman–Crippen MR) is 76.6 cm³/mol.